The molecule has 1 atom stereocenters. The van der Waals surface area contributed by atoms with E-state index in [0.29, 0.717) is 0 Å². The molecule has 1 aromatic rings. The minimum Gasteiger partial charge on any atom is -0.393 e. The van der Waals surface area contributed by atoms with Crippen LogP contribution in [0.15, 0.2) is 18.7 Å². The summed E-state index contributed by atoms with van der Waals surface area (Å²) in [5, 5.41) is -0.119. The minimum absolute atomic E-state index is 0.119. The van der Waals surface area contributed by atoms with Crippen LogP contribution in [-0.4, -0.2) is 43.6 Å². The Morgan fingerprint density at radius 3 is 2.23 bits per heavy atom. The Hall–Kier alpha value is -0.693. The molecular formula is C16H32N2O3Si. The molecule has 6 heteroatoms. The molecule has 5 nitrogen and oxygen atoms in total. The summed E-state index contributed by atoms with van der Waals surface area (Å²) in [6.07, 6.45) is 9.65. The van der Waals surface area contributed by atoms with E-state index in [1.165, 1.54) is 12.8 Å². The molecule has 22 heavy (non-hydrogen) atoms. The van der Waals surface area contributed by atoms with E-state index in [2.05, 4.69) is 37.7 Å². The average molecular weight is 329 g/mol. The van der Waals surface area contributed by atoms with Gasteiger partial charge in [-0.15, -0.1) is 0 Å². The monoisotopic (exact) mass is 328 g/mol. The lowest BCUT2D eigenvalue weighted by atomic mass is 10.1. The third-order valence-electron chi connectivity index (χ3n) is 4.18. The van der Waals surface area contributed by atoms with E-state index in [9.17, 15) is 0 Å². The Labute approximate surface area is 136 Å². The molecule has 1 fully saturated rings. The molecule has 0 spiro atoms. The molecule has 0 bridgehead atoms. The summed E-state index contributed by atoms with van der Waals surface area (Å²) in [6.45, 7) is 10.6. The maximum absolute atomic E-state index is 6.16. The van der Waals surface area contributed by atoms with E-state index < -0.39 is 8.56 Å². The van der Waals surface area contributed by atoms with Crippen LogP contribution in [0.2, 0.25) is 6.04 Å². The van der Waals surface area contributed by atoms with Crippen molar-refractivity contribution in [3.05, 3.63) is 18.7 Å². The van der Waals surface area contributed by atoms with Crippen molar-refractivity contribution in [1.29, 1.82) is 0 Å². The molecule has 0 aromatic carbocycles. The van der Waals surface area contributed by atoms with Crippen molar-refractivity contribution in [2.24, 2.45) is 0 Å². The molecule has 1 saturated heterocycles. The second-order valence-electron chi connectivity index (χ2n) is 5.37. The molecular weight excluding hydrogens is 296 g/mol. The standard InChI is InChI=1S/C13H28O3Si.C3H4N2/c1-5-13(14-6-2)11-9-10-12-17(13,15-7-3)16-8-4;1-2-5-3-4-1/h5-12H2,1-4H3;1-3H,(H,4,5). The molecule has 1 unspecified atom stereocenters. The molecule has 0 aliphatic carbocycles. The number of hydrogen-bond donors (Lipinski definition) is 1. The van der Waals surface area contributed by atoms with Gasteiger partial charge in [0.25, 0.3) is 0 Å². The van der Waals surface area contributed by atoms with E-state index >= 15 is 0 Å². The first-order valence-electron chi connectivity index (χ1n) is 8.54. The average Bonchev–Trinajstić information content (AvgIpc) is 3.10. The molecule has 2 rings (SSSR count). The lowest BCUT2D eigenvalue weighted by molar-refractivity contribution is -0.0426. The SMILES string of the molecule is CCOC1(CC)CCCC[Si]1(OCC)OCC.c1c[nH]cn1. The van der Waals surface area contributed by atoms with Crippen LogP contribution in [0, 0.1) is 0 Å². The van der Waals surface area contributed by atoms with Gasteiger partial charge in [0, 0.05) is 32.2 Å². The number of ether oxygens (including phenoxy) is 1. The number of H-pyrrole nitrogens is 1. The quantitative estimate of drug-likeness (QED) is 0.773. The summed E-state index contributed by atoms with van der Waals surface area (Å²) >= 11 is 0. The fourth-order valence-electron chi connectivity index (χ4n) is 3.32. The van der Waals surface area contributed by atoms with Crippen LogP contribution >= 0.6 is 0 Å². The molecule has 128 valence electrons. The highest BCUT2D eigenvalue weighted by atomic mass is 28.4. The molecule has 1 N–H and O–H groups in total. The fraction of sp³-hybridized carbons (Fsp3) is 0.812. The first-order chi connectivity index (χ1) is 10.7. The summed E-state index contributed by atoms with van der Waals surface area (Å²) in [5.74, 6) is 0. The Balaban J connectivity index is 0.000000406. The Morgan fingerprint density at radius 1 is 1.09 bits per heavy atom. The molecule has 1 aromatic heterocycles. The lowest BCUT2D eigenvalue weighted by Gasteiger charge is -2.49. The zero-order chi connectivity index (χ0) is 16.3. The third-order valence-corrected chi connectivity index (χ3v) is 8.84. The normalized spacial score (nSPS) is 23.6. The first-order valence-corrected chi connectivity index (χ1v) is 10.6. The Morgan fingerprint density at radius 2 is 1.82 bits per heavy atom. The van der Waals surface area contributed by atoms with Crippen LogP contribution in [0.5, 0.6) is 0 Å². The van der Waals surface area contributed by atoms with Crippen molar-refractivity contribution < 1.29 is 13.6 Å². The van der Waals surface area contributed by atoms with Gasteiger partial charge in [-0.1, -0.05) is 19.8 Å². The molecule has 0 saturated carbocycles. The number of rotatable bonds is 7. The topological polar surface area (TPSA) is 56.4 Å². The smallest absolute Gasteiger partial charge is 0.371 e. The number of imidazole rings is 1. The van der Waals surface area contributed by atoms with Crippen molar-refractivity contribution in [3.8, 4) is 0 Å². The summed E-state index contributed by atoms with van der Waals surface area (Å²) in [7, 11) is -2.21. The molecule has 1 aliphatic heterocycles. The largest absolute Gasteiger partial charge is 0.393 e. The highest BCUT2D eigenvalue weighted by Gasteiger charge is 2.58. The maximum atomic E-state index is 6.16. The second-order valence-corrected chi connectivity index (χ2v) is 8.86. The van der Waals surface area contributed by atoms with Crippen molar-refractivity contribution in [2.45, 2.75) is 64.6 Å². The number of hydrogen-bond acceptors (Lipinski definition) is 4. The van der Waals surface area contributed by atoms with Gasteiger partial charge in [0.15, 0.2) is 0 Å². The van der Waals surface area contributed by atoms with Gasteiger partial charge < -0.3 is 18.6 Å². The van der Waals surface area contributed by atoms with Gasteiger partial charge in [-0.2, -0.15) is 0 Å². The molecule has 0 amide bonds. The van der Waals surface area contributed by atoms with Crippen molar-refractivity contribution in [3.63, 3.8) is 0 Å². The van der Waals surface area contributed by atoms with Crippen LogP contribution in [0.1, 0.15) is 53.4 Å². The number of nitrogens with zero attached hydrogens (tertiary/aromatic N) is 1. The van der Waals surface area contributed by atoms with Gasteiger partial charge in [-0.25, -0.2) is 4.98 Å². The number of aromatic nitrogens is 2. The number of nitrogens with one attached hydrogen (secondary N) is 1. The predicted molar refractivity (Wildman–Crippen MR) is 90.9 cm³/mol. The van der Waals surface area contributed by atoms with Crippen LogP contribution in [0.4, 0.5) is 0 Å². The van der Waals surface area contributed by atoms with Crippen LogP contribution < -0.4 is 0 Å². The van der Waals surface area contributed by atoms with E-state index in [-0.39, 0.29) is 5.22 Å². The summed E-state index contributed by atoms with van der Waals surface area (Å²) in [4.78, 5) is 6.42. The van der Waals surface area contributed by atoms with E-state index in [0.717, 1.165) is 38.7 Å². The summed E-state index contributed by atoms with van der Waals surface area (Å²) < 4.78 is 18.5. The highest BCUT2D eigenvalue weighted by Crippen LogP contribution is 2.42. The van der Waals surface area contributed by atoms with E-state index in [1.54, 1.807) is 18.7 Å². The van der Waals surface area contributed by atoms with Crippen LogP contribution in [0.25, 0.3) is 0 Å². The van der Waals surface area contributed by atoms with Gasteiger partial charge in [0.05, 0.1) is 6.33 Å². The van der Waals surface area contributed by atoms with Crippen molar-refractivity contribution in [1.82, 2.24) is 9.97 Å². The maximum Gasteiger partial charge on any atom is 0.371 e. The third kappa shape index (κ3) is 4.65. The van der Waals surface area contributed by atoms with Gasteiger partial charge in [0.2, 0.25) is 0 Å². The van der Waals surface area contributed by atoms with Crippen LogP contribution in [-0.2, 0) is 13.6 Å². The summed E-state index contributed by atoms with van der Waals surface area (Å²) in [6, 6.07) is 1.09. The Kier molecular flexibility index (Phi) is 8.93. The predicted octanol–water partition coefficient (Wildman–Crippen LogP) is 3.82. The van der Waals surface area contributed by atoms with Gasteiger partial charge in [-0.3, -0.25) is 0 Å². The number of aromatic amines is 1. The van der Waals surface area contributed by atoms with Gasteiger partial charge in [-0.05, 0) is 39.7 Å². The van der Waals surface area contributed by atoms with E-state index in [4.69, 9.17) is 13.6 Å². The van der Waals surface area contributed by atoms with Crippen LogP contribution in [0.3, 0.4) is 0 Å². The molecule has 1 aliphatic rings. The molecule has 2 heterocycles. The Bertz CT molecular complexity index is 343. The molecule has 0 radical (unpaired) electrons. The zero-order valence-electron chi connectivity index (χ0n) is 14.6. The lowest BCUT2D eigenvalue weighted by Crippen LogP contribution is -2.65. The highest BCUT2D eigenvalue weighted by molar-refractivity contribution is 6.70. The van der Waals surface area contributed by atoms with Gasteiger partial charge in [0.1, 0.15) is 5.22 Å². The fourth-order valence-corrected chi connectivity index (χ4v) is 7.79. The van der Waals surface area contributed by atoms with E-state index in [1.807, 2.05) is 0 Å². The van der Waals surface area contributed by atoms with Crippen molar-refractivity contribution >= 4 is 8.56 Å². The first kappa shape index (κ1) is 19.4. The minimum atomic E-state index is -2.21. The van der Waals surface area contributed by atoms with Gasteiger partial charge >= 0.3 is 8.56 Å². The second kappa shape index (κ2) is 10.2. The summed E-state index contributed by atoms with van der Waals surface area (Å²) in [5.41, 5.74) is 0. The van der Waals surface area contributed by atoms with Crippen molar-refractivity contribution in [2.75, 3.05) is 19.8 Å². The zero-order valence-corrected chi connectivity index (χ0v) is 15.6.